The van der Waals surface area contributed by atoms with Gasteiger partial charge in [0.1, 0.15) is 0 Å². The first kappa shape index (κ1) is 19.6. The van der Waals surface area contributed by atoms with Crippen LogP contribution < -0.4 is 5.32 Å². The van der Waals surface area contributed by atoms with Gasteiger partial charge in [-0.1, -0.05) is 19.1 Å². The Morgan fingerprint density at radius 2 is 2.00 bits per heavy atom. The van der Waals surface area contributed by atoms with Crippen molar-refractivity contribution in [2.24, 2.45) is 5.92 Å². The van der Waals surface area contributed by atoms with Crippen LogP contribution >= 0.6 is 0 Å². The van der Waals surface area contributed by atoms with Gasteiger partial charge in [0.2, 0.25) is 5.91 Å². The van der Waals surface area contributed by atoms with E-state index in [2.05, 4.69) is 17.2 Å². The van der Waals surface area contributed by atoms with Gasteiger partial charge in [0.05, 0.1) is 6.33 Å². The molecule has 0 atom stereocenters. The van der Waals surface area contributed by atoms with E-state index in [0.717, 1.165) is 12.1 Å². The second-order valence-electron chi connectivity index (χ2n) is 6.76. The predicted octanol–water partition coefficient (Wildman–Crippen LogP) is 2.50. The lowest BCUT2D eigenvalue weighted by Gasteiger charge is -2.30. The summed E-state index contributed by atoms with van der Waals surface area (Å²) in [7, 11) is -3.60. The lowest BCUT2D eigenvalue weighted by molar-refractivity contribution is -0.120. The van der Waals surface area contributed by atoms with Crippen LogP contribution in [0.5, 0.6) is 0 Å². The summed E-state index contributed by atoms with van der Waals surface area (Å²) in [5.41, 5.74) is 1.96. The molecule has 0 spiro atoms. The first-order valence-electron chi connectivity index (χ1n) is 9.35. The summed E-state index contributed by atoms with van der Waals surface area (Å²) in [4.78, 5) is 16.6. The maximum absolute atomic E-state index is 12.7. The Hall–Kier alpha value is -2.19. The van der Waals surface area contributed by atoms with Crippen LogP contribution in [0.3, 0.4) is 0 Å². The molecule has 1 fully saturated rings. The Kier molecular flexibility index (Phi) is 5.96. The minimum Gasteiger partial charge on any atom is -0.336 e. The molecule has 1 aliphatic rings. The molecule has 0 unspecified atom stereocenters. The fraction of sp³-hybridized carbons (Fsp3) is 0.474. The second-order valence-corrected chi connectivity index (χ2v) is 8.65. The number of sulfonamides is 1. The Bertz CT molecular complexity index is 899. The van der Waals surface area contributed by atoms with Gasteiger partial charge in [-0.15, -0.1) is 0 Å². The lowest BCUT2D eigenvalue weighted by atomic mass is 9.97. The van der Waals surface area contributed by atoms with E-state index < -0.39 is 10.0 Å². The van der Waals surface area contributed by atoms with Gasteiger partial charge in [0.25, 0.3) is 10.0 Å². The van der Waals surface area contributed by atoms with Crippen LogP contribution in [0.15, 0.2) is 41.8 Å². The molecule has 8 heteroatoms. The number of hydrogen-bond donors (Lipinski definition) is 1. The topological polar surface area (TPSA) is 84.3 Å². The number of imidazole rings is 1. The third-order valence-electron chi connectivity index (χ3n) is 5.01. The number of rotatable bonds is 6. The van der Waals surface area contributed by atoms with Gasteiger partial charge < -0.3 is 9.88 Å². The molecule has 0 saturated carbocycles. The fourth-order valence-corrected chi connectivity index (χ4v) is 4.65. The number of benzene rings is 1. The van der Waals surface area contributed by atoms with Crippen molar-refractivity contribution in [3.8, 4) is 0 Å². The maximum atomic E-state index is 12.7. The van der Waals surface area contributed by atoms with Crippen LogP contribution in [-0.4, -0.2) is 41.3 Å². The monoisotopic (exact) mass is 390 g/mol. The molecule has 1 saturated heterocycles. The molecule has 1 amide bonds. The fourth-order valence-electron chi connectivity index (χ4n) is 3.25. The highest BCUT2D eigenvalue weighted by atomic mass is 32.2. The Labute approximate surface area is 160 Å². The number of anilines is 1. The van der Waals surface area contributed by atoms with Gasteiger partial charge in [-0.25, -0.2) is 13.4 Å². The van der Waals surface area contributed by atoms with Crippen LogP contribution in [0.25, 0.3) is 0 Å². The van der Waals surface area contributed by atoms with Crippen molar-refractivity contribution < 1.29 is 13.2 Å². The molecule has 1 aromatic carbocycles. The molecule has 2 aromatic rings. The summed E-state index contributed by atoms with van der Waals surface area (Å²) in [5, 5.41) is 3.03. The largest absolute Gasteiger partial charge is 0.336 e. The van der Waals surface area contributed by atoms with Gasteiger partial charge in [-0.3, -0.25) is 4.79 Å². The van der Waals surface area contributed by atoms with E-state index in [1.165, 1.54) is 16.2 Å². The van der Waals surface area contributed by atoms with Gasteiger partial charge in [-0.2, -0.15) is 4.31 Å². The summed E-state index contributed by atoms with van der Waals surface area (Å²) in [6.45, 7) is 5.33. The number of nitrogens with one attached hydrogen (secondary N) is 1. The second kappa shape index (κ2) is 8.22. The normalized spacial score (nSPS) is 16.4. The average molecular weight is 391 g/mol. The first-order valence-corrected chi connectivity index (χ1v) is 10.8. The summed E-state index contributed by atoms with van der Waals surface area (Å²) >= 11 is 0. The molecule has 2 heterocycles. The third kappa shape index (κ3) is 4.39. The van der Waals surface area contributed by atoms with Crippen molar-refractivity contribution >= 4 is 21.6 Å². The molecule has 0 aliphatic carbocycles. The van der Waals surface area contributed by atoms with E-state index in [1.807, 2.05) is 31.2 Å². The van der Waals surface area contributed by atoms with Gasteiger partial charge in [-0.05, 0) is 43.9 Å². The summed E-state index contributed by atoms with van der Waals surface area (Å²) < 4.78 is 28.6. The predicted molar refractivity (Wildman–Crippen MR) is 104 cm³/mol. The van der Waals surface area contributed by atoms with Crippen molar-refractivity contribution in [2.45, 2.75) is 44.7 Å². The molecule has 3 rings (SSSR count). The van der Waals surface area contributed by atoms with Gasteiger partial charge in [0, 0.05) is 37.4 Å². The number of carbonyl (C=O) groups is 1. The quantitative estimate of drug-likeness (QED) is 0.821. The molecule has 7 nitrogen and oxygen atoms in total. The van der Waals surface area contributed by atoms with E-state index in [4.69, 9.17) is 0 Å². The van der Waals surface area contributed by atoms with E-state index in [1.54, 1.807) is 10.8 Å². The van der Waals surface area contributed by atoms with Crippen LogP contribution in [-0.2, 0) is 27.8 Å². The van der Waals surface area contributed by atoms with Crippen molar-refractivity contribution in [2.75, 3.05) is 18.4 Å². The van der Waals surface area contributed by atoms with E-state index in [-0.39, 0.29) is 16.9 Å². The summed E-state index contributed by atoms with van der Waals surface area (Å²) in [5.74, 6) is -0.231. The molecular weight excluding hydrogens is 364 g/mol. The number of amides is 1. The third-order valence-corrected chi connectivity index (χ3v) is 6.79. The highest BCUT2D eigenvalue weighted by molar-refractivity contribution is 7.89. The zero-order valence-corrected chi connectivity index (χ0v) is 16.6. The Balaban J connectivity index is 1.60. The van der Waals surface area contributed by atoms with E-state index >= 15 is 0 Å². The van der Waals surface area contributed by atoms with Crippen molar-refractivity contribution in [1.29, 1.82) is 0 Å². The van der Waals surface area contributed by atoms with Crippen molar-refractivity contribution in [1.82, 2.24) is 13.9 Å². The zero-order chi connectivity index (χ0) is 19.4. The Morgan fingerprint density at radius 1 is 1.26 bits per heavy atom. The van der Waals surface area contributed by atoms with Crippen molar-refractivity contribution in [3.63, 3.8) is 0 Å². The molecule has 27 heavy (non-hydrogen) atoms. The first-order chi connectivity index (χ1) is 12.9. The lowest BCUT2D eigenvalue weighted by Crippen LogP contribution is -2.41. The highest BCUT2D eigenvalue weighted by Gasteiger charge is 2.33. The van der Waals surface area contributed by atoms with Crippen LogP contribution in [0.4, 0.5) is 5.69 Å². The maximum Gasteiger partial charge on any atom is 0.262 e. The molecule has 1 aromatic heterocycles. The number of piperidine rings is 1. The summed E-state index contributed by atoms with van der Waals surface area (Å²) in [6, 6.07) is 7.81. The molecule has 1 N–H and O–H groups in total. The zero-order valence-electron chi connectivity index (χ0n) is 15.8. The van der Waals surface area contributed by atoms with E-state index in [0.29, 0.717) is 32.5 Å². The SMILES string of the molecule is CCc1cccc(NC(=O)C2CCN(S(=O)(=O)c3cn(CC)cn3)CC2)c1. The van der Waals surface area contributed by atoms with E-state index in [9.17, 15) is 13.2 Å². The minimum absolute atomic E-state index is 0.0458. The van der Waals surface area contributed by atoms with Crippen LogP contribution in [0.2, 0.25) is 0 Å². The molecule has 0 radical (unpaired) electrons. The van der Waals surface area contributed by atoms with Gasteiger partial charge in [0.15, 0.2) is 5.03 Å². The van der Waals surface area contributed by atoms with Crippen molar-refractivity contribution in [3.05, 3.63) is 42.4 Å². The molecule has 0 bridgehead atoms. The summed E-state index contributed by atoms with van der Waals surface area (Å²) in [6.07, 6.45) is 5.00. The number of carbonyl (C=O) groups excluding carboxylic acids is 1. The van der Waals surface area contributed by atoms with Crippen LogP contribution in [0.1, 0.15) is 32.3 Å². The Morgan fingerprint density at radius 3 is 2.63 bits per heavy atom. The molecule has 146 valence electrons. The number of nitrogens with zero attached hydrogens (tertiary/aromatic N) is 3. The average Bonchev–Trinajstić information content (AvgIpc) is 3.18. The number of aromatic nitrogens is 2. The molecular formula is C19H26N4O3S. The molecule has 1 aliphatic heterocycles. The minimum atomic E-state index is -3.60. The smallest absolute Gasteiger partial charge is 0.262 e. The standard InChI is InChI=1S/C19H26N4O3S/c1-3-15-6-5-7-17(12-15)21-19(24)16-8-10-23(11-9-16)27(25,26)18-13-22(4-2)14-20-18/h5-7,12-14,16H,3-4,8-11H2,1-2H3,(H,21,24). The number of hydrogen-bond acceptors (Lipinski definition) is 4. The number of aryl methyl sites for hydroxylation is 2. The highest BCUT2D eigenvalue weighted by Crippen LogP contribution is 2.24. The van der Waals surface area contributed by atoms with Crippen LogP contribution in [0, 0.1) is 5.92 Å². The van der Waals surface area contributed by atoms with Gasteiger partial charge >= 0.3 is 0 Å².